The van der Waals surface area contributed by atoms with Crippen LogP contribution in [0.4, 0.5) is 5.69 Å². The monoisotopic (exact) mass is 387 g/mol. The van der Waals surface area contributed by atoms with E-state index in [4.69, 9.17) is 0 Å². The summed E-state index contributed by atoms with van der Waals surface area (Å²) < 4.78 is 27.2. The number of aromatic nitrogens is 3. The summed E-state index contributed by atoms with van der Waals surface area (Å²) in [6.07, 6.45) is 0.226. The maximum Gasteiger partial charge on any atom is 0.242 e. The highest BCUT2D eigenvalue weighted by Crippen LogP contribution is 2.19. The number of fused-ring (bicyclic) bond motifs is 1. The maximum atomic E-state index is 12.2. The molecule has 0 bridgehead atoms. The van der Waals surface area contributed by atoms with Crippen molar-refractivity contribution in [2.45, 2.75) is 24.8 Å². The van der Waals surface area contributed by atoms with Gasteiger partial charge >= 0.3 is 0 Å². The van der Waals surface area contributed by atoms with Crippen LogP contribution in [0.5, 0.6) is 0 Å². The van der Waals surface area contributed by atoms with Crippen molar-refractivity contribution in [3.63, 3.8) is 0 Å². The highest BCUT2D eigenvalue weighted by molar-refractivity contribution is 7.89. The van der Waals surface area contributed by atoms with Gasteiger partial charge < -0.3 is 5.32 Å². The van der Waals surface area contributed by atoms with E-state index in [9.17, 15) is 13.2 Å². The first-order valence-corrected chi connectivity index (χ1v) is 9.84. The second-order valence-electron chi connectivity index (χ2n) is 6.41. The number of aryl methyl sites for hydroxylation is 2. The number of sulfonamides is 1. The first-order valence-electron chi connectivity index (χ1n) is 8.39. The number of nitrogens with one attached hydrogen (secondary N) is 1. The van der Waals surface area contributed by atoms with E-state index >= 15 is 0 Å². The summed E-state index contributed by atoms with van der Waals surface area (Å²) in [4.78, 5) is 12.3. The van der Waals surface area contributed by atoms with Crippen molar-refractivity contribution in [2.24, 2.45) is 0 Å². The van der Waals surface area contributed by atoms with Crippen LogP contribution in [-0.4, -0.2) is 47.7 Å². The number of rotatable bonds is 6. The maximum absolute atomic E-state index is 12.2. The quantitative estimate of drug-likeness (QED) is 0.698. The molecule has 8 nitrogen and oxygen atoms in total. The van der Waals surface area contributed by atoms with Crippen LogP contribution in [0, 0.1) is 6.92 Å². The molecule has 3 rings (SSSR count). The summed E-state index contributed by atoms with van der Waals surface area (Å²) in [5.74, 6) is -0.130. The van der Waals surface area contributed by atoms with Crippen molar-refractivity contribution < 1.29 is 13.2 Å². The standard InChI is InChI=1S/C18H21N5O3S/c1-13-4-6-14(7-5-13)19-18(24)10-11-23-17-9-8-15(12-16(17)20-21-23)27(25,26)22(2)3/h4-9,12H,10-11H2,1-3H3,(H,19,24). The molecule has 1 heterocycles. The summed E-state index contributed by atoms with van der Waals surface area (Å²) in [6.45, 7) is 2.32. The van der Waals surface area contributed by atoms with Gasteiger partial charge in [0, 0.05) is 26.2 Å². The Balaban J connectivity index is 1.70. The van der Waals surface area contributed by atoms with Crippen molar-refractivity contribution >= 4 is 32.7 Å². The molecule has 0 atom stereocenters. The Morgan fingerprint density at radius 3 is 2.52 bits per heavy atom. The second-order valence-corrected chi connectivity index (χ2v) is 8.57. The normalized spacial score (nSPS) is 11.9. The number of hydrogen-bond donors (Lipinski definition) is 1. The predicted molar refractivity (Wildman–Crippen MR) is 103 cm³/mol. The highest BCUT2D eigenvalue weighted by Gasteiger charge is 2.18. The zero-order valence-electron chi connectivity index (χ0n) is 15.4. The van der Waals surface area contributed by atoms with E-state index in [2.05, 4.69) is 15.6 Å². The first-order chi connectivity index (χ1) is 12.8. The Hall–Kier alpha value is -2.78. The van der Waals surface area contributed by atoms with Gasteiger partial charge in [0.2, 0.25) is 15.9 Å². The third kappa shape index (κ3) is 4.15. The lowest BCUT2D eigenvalue weighted by molar-refractivity contribution is -0.116. The molecule has 2 aromatic carbocycles. The van der Waals surface area contributed by atoms with E-state index in [1.165, 1.54) is 26.2 Å². The van der Waals surface area contributed by atoms with E-state index in [1.54, 1.807) is 10.7 Å². The van der Waals surface area contributed by atoms with E-state index in [0.717, 1.165) is 15.6 Å². The molecule has 1 amide bonds. The molecule has 0 unspecified atom stereocenters. The Morgan fingerprint density at radius 2 is 1.85 bits per heavy atom. The van der Waals surface area contributed by atoms with Gasteiger partial charge in [-0.05, 0) is 37.3 Å². The van der Waals surface area contributed by atoms with Gasteiger partial charge in [-0.25, -0.2) is 17.4 Å². The van der Waals surface area contributed by atoms with E-state index in [-0.39, 0.29) is 17.2 Å². The summed E-state index contributed by atoms with van der Waals surface area (Å²) >= 11 is 0. The number of amides is 1. The van der Waals surface area contributed by atoms with Gasteiger partial charge in [0.15, 0.2) is 0 Å². The molecule has 9 heteroatoms. The number of hydrogen-bond acceptors (Lipinski definition) is 5. The number of benzene rings is 2. The zero-order valence-corrected chi connectivity index (χ0v) is 16.2. The smallest absolute Gasteiger partial charge is 0.242 e. The van der Waals surface area contributed by atoms with Crippen molar-refractivity contribution in [3.05, 3.63) is 48.0 Å². The fourth-order valence-electron chi connectivity index (χ4n) is 2.56. The van der Waals surface area contributed by atoms with Crippen LogP contribution in [0.25, 0.3) is 11.0 Å². The first kappa shape index (κ1) is 19.0. The van der Waals surface area contributed by atoms with Crippen molar-refractivity contribution in [3.8, 4) is 0 Å². The Kier molecular flexibility index (Phi) is 5.24. The van der Waals surface area contributed by atoms with Crippen LogP contribution in [0.3, 0.4) is 0 Å². The fourth-order valence-corrected chi connectivity index (χ4v) is 3.48. The van der Waals surface area contributed by atoms with Gasteiger partial charge in [0.05, 0.1) is 17.0 Å². The van der Waals surface area contributed by atoms with Crippen LogP contribution in [0.2, 0.25) is 0 Å². The molecular formula is C18H21N5O3S. The Morgan fingerprint density at radius 1 is 1.15 bits per heavy atom. The molecule has 1 aromatic heterocycles. The van der Waals surface area contributed by atoms with E-state index < -0.39 is 10.0 Å². The molecule has 27 heavy (non-hydrogen) atoms. The lowest BCUT2D eigenvalue weighted by Gasteiger charge is -2.11. The molecule has 0 saturated carbocycles. The third-order valence-electron chi connectivity index (χ3n) is 4.15. The molecule has 0 aliphatic carbocycles. The van der Waals surface area contributed by atoms with Crippen LogP contribution >= 0.6 is 0 Å². The molecule has 142 valence electrons. The summed E-state index contributed by atoms with van der Waals surface area (Å²) in [5, 5.41) is 10.9. The molecule has 0 aliphatic heterocycles. The van der Waals surface area contributed by atoms with Crippen molar-refractivity contribution in [1.29, 1.82) is 0 Å². The minimum atomic E-state index is -3.53. The van der Waals surface area contributed by atoms with Crippen molar-refractivity contribution in [2.75, 3.05) is 19.4 Å². The zero-order chi connectivity index (χ0) is 19.6. The van der Waals surface area contributed by atoms with Gasteiger partial charge in [-0.3, -0.25) is 4.79 Å². The number of carbonyl (C=O) groups is 1. The largest absolute Gasteiger partial charge is 0.326 e. The number of nitrogens with zero attached hydrogens (tertiary/aromatic N) is 4. The summed E-state index contributed by atoms with van der Waals surface area (Å²) in [7, 11) is -0.580. The highest BCUT2D eigenvalue weighted by atomic mass is 32.2. The summed E-state index contributed by atoms with van der Waals surface area (Å²) in [6, 6.07) is 12.2. The van der Waals surface area contributed by atoms with Crippen molar-refractivity contribution in [1.82, 2.24) is 19.3 Å². The molecule has 0 fully saturated rings. The van der Waals surface area contributed by atoms with Gasteiger partial charge in [-0.15, -0.1) is 5.10 Å². The molecule has 3 aromatic rings. The Bertz CT molecular complexity index is 1070. The van der Waals surface area contributed by atoms with Gasteiger partial charge in [-0.1, -0.05) is 22.9 Å². The minimum absolute atomic E-state index is 0.130. The molecule has 0 radical (unpaired) electrons. The van der Waals surface area contributed by atoms with Gasteiger partial charge in [0.1, 0.15) is 5.52 Å². The van der Waals surface area contributed by atoms with Crippen LogP contribution in [0.1, 0.15) is 12.0 Å². The minimum Gasteiger partial charge on any atom is -0.326 e. The van der Waals surface area contributed by atoms with E-state index in [0.29, 0.717) is 17.6 Å². The lowest BCUT2D eigenvalue weighted by atomic mass is 10.2. The van der Waals surface area contributed by atoms with Crippen LogP contribution in [0.15, 0.2) is 47.4 Å². The molecule has 1 N–H and O–H groups in total. The van der Waals surface area contributed by atoms with Crippen LogP contribution in [-0.2, 0) is 21.4 Å². The number of carbonyl (C=O) groups excluding carboxylic acids is 1. The van der Waals surface area contributed by atoms with Crippen LogP contribution < -0.4 is 5.32 Å². The molecule has 0 saturated heterocycles. The Labute approximate surface area is 157 Å². The van der Waals surface area contributed by atoms with E-state index in [1.807, 2.05) is 31.2 Å². The topological polar surface area (TPSA) is 97.2 Å². The molecule has 0 aliphatic rings. The number of anilines is 1. The lowest BCUT2D eigenvalue weighted by Crippen LogP contribution is -2.22. The SMILES string of the molecule is Cc1ccc(NC(=O)CCn2nnc3cc(S(=O)(=O)N(C)C)ccc32)cc1. The molecular weight excluding hydrogens is 366 g/mol. The predicted octanol–water partition coefficient (Wildman–Crippen LogP) is 2.02. The van der Waals surface area contributed by atoms with Gasteiger partial charge in [-0.2, -0.15) is 0 Å². The van der Waals surface area contributed by atoms with Gasteiger partial charge in [0.25, 0.3) is 0 Å². The third-order valence-corrected chi connectivity index (χ3v) is 5.96. The fraction of sp³-hybridized carbons (Fsp3) is 0.278. The summed E-state index contributed by atoms with van der Waals surface area (Å²) in [5.41, 5.74) is 3.01. The molecule has 0 spiro atoms. The average Bonchev–Trinajstić information content (AvgIpc) is 3.04. The second kappa shape index (κ2) is 7.45. The average molecular weight is 387 g/mol.